The van der Waals surface area contributed by atoms with Crippen molar-refractivity contribution in [2.45, 2.75) is 91.0 Å². The van der Waals surface area contributed by atoms with Crippen molar-refractivity contribution in [3.63, 3.8) is 0 Å². The molecular weight excluding hydrogens is 510 g/mol. The van der Waals surface area contributed by atoms with Gasteiger partial charge < -0.3 is 14.8 Å². The Morgan fingerprint density at radius 3 is 2.21 bits per heavy atom. The molecule has 0 aliphatic heterocycles. The number of esters is 1. The lowest BCUT2D eigenvalue weighted by Gasteiger charge is -2.25. The maximum Gasteiger partial charge on any atom is 0.408 e. The van der Waals surface area contributed by atoms with E-state index in [1.165, 1.54) is 0 Å². The van der Waals surface area contributed by atoms with Gasteiger partial charge in [-0.15, -0.1) is 5.10 Å². The highest BCUT2D eigenvalue weighted by molar-refractivity contribution is 7.90. The zero-order valence-corrected chi connectivity index (χ0v) is 24.2. The van der Waals surface area contributed by atoms with Crippen LogP contribution >= 0.6 is 0 Å². The molecule has 12 heteroatoms. The van der Waals surface area contributed by atoms with Gasteiger partial charge in [-0.3, -0.25) is 0 Å². The molecule has 1 heterocycles. The molecule has 0 spiro atoms. The molecule has 0 aliphatic rings. The molecule has 0 radical (unpaired) electrons. The lowest BCUT2D eigenvalue weighted by molar-refractivity contribution is -0.157. The Kier molecular flexibility index (Phi) is 9.82. The van der Waals surface area contributed by atoms with Crippen molar-refractivity contribution >= 4 is 28.3 Å². The second-order valence-corrected chi connectivity index (χ2v) is 13.3. The Bertz CT molecular complexity index is 1220. The molecule has 1 atom stereocenters. The minimum Gasteiger partial charge on any atom is -0.458 e. The third-order valence-corrected chi connectivity index (χ3v) is 6.30. The zero-order valence-electron chi connectivity index (χ0n) is 23.4. The van der Waals surface area contributed by atoms with Gasteiger partial charge in [0.15, 0.2) is 0 Å². The molecule has 0 saturated heterocycles. The topological polar surface area (TPSA) is 142 Å². The lowest BCUT2D eigenvalue weighted by Crippen LogP contribution is -2.46. The molecule has 0 saturated carbocycles. The van der Waals surface area contributed by atoms with Gasteiger partial charge in [0.1, 0.15) is 22.9 Å². The fraction of sp³-hybridized carbons (Fsp3) is 0.577. The average molecular weight is 550 g/mol. The van der Waals surface area contributed by atoms with E-state index < -0.39 is 44.9 Å². The smallest absolute Gasteiger partial charge is 0.408 e. The second kappa shape index (κ2) is 12.1. The van der Waals surface area contributed by atoms with Crippen molar-refractivity contribution in [1.29, 1.82) is 0 Å². The summed E-state index contributed by atoms with van der Waals surface area (Å²) < 4.78 is 41.2. The third-order valence-electron chi connectivity index (χ3n) is 5.11. The number of alkyl carbamates (subject to hydrolysis) is 1. The van der Waals surface area contributed by atoms with E-state index in [4.69, 9.17) is 9.47 Å². The Labute approximate surface area is 225 Å². The Balaban J connectivity index is 2.05. The van der Waals surface area contributed by atoms with E-state index in [0.717, 1.165) is 11.8 Å². The van der Waals surface area contributed by atoms with Crippen LogP contribution < -0.4 is 5.32 Å². The van der Waals surface area contributed by atoms with Gasteiger partial charge in [0.25, 0.3) is 10.0 Å². The number of aromatic nitrogens is 3. The number of carbonyl (C=O) groups is 2. The molecule has 11 nitrogen and oxygen atoms in total. The lowest BCUT2D eigenvalue weighted by atomic mass is 10.0. The van der Waals surface area contributed by atoms with Gasteiger partial charge in [-0.25, -0.2) is 22.7 Å². The maximum atomic E-state index is 12.7. The fourth-order valence-corrected chi connectivity index (χ4v) is 4.32. The van der Waals surface area contributed by atoms with E-state index in [-0.39, 0.29) is 18.6 Å². The van der Waals surface area contributed by atoms with Crippen LogP contribution in [0.1, 0.15) is 68.2 Å². The molecule has 1 N–H and O–H groups in total. The molecule has 0 bridgehead atoms. The highest BCUT2D eigenvalue weighted by Gasteiger charge is 2.29. The van der Waals surface area contributed by atoms with Gasteiger partial charge in [-0.05, 0) is 61.8 Å². The predicted molar refractivity (Wildman–Crippen MR) is 145 cm³/mol. The van der Waals surface area contributed by atoms with Crippen molar-refractivity contribution in [1.82, 2.24) is 20.3 Å². The summed E-state index contributed by atoms with van der Waals surface area (Å²) in [7, 11) is -3.87. The molecule has 2 aromatic rings. The number of nitrogens with zero attached hydrogens (tertiary/aromatic N) is 4. The van der Waals surface area contributed by atoms with Crippen molar-refractivity contribution < 1.29 is 27.5 Å². The van der Waals surface area contributed by atoms with Crippen molar-refractivity contribution in [3.05, 3.63) is 36.5 Å². The summed E-state index contributed by atoms with van der Waals surface area (Å²) >= 11 is 0. The van der Waals surface area contributed by atoms with Crippen LogP contribution in [0, 0.1) is 0 Å². The van der Waals surface area contributed by atoms with Gasteiger partial charge in [0.2, 0.25) is 0 Å². The standard InChI is InChI=1S/C26H39N5O6S/c1-24(2,3)36-22(32)20(28-23(33)37-25(4,5)6)14-16-27-38(34,35)17-15-26(7,8)31-18-21(29-30-31)19-12-10-9-11-13-19/h9-13,16,18,20H,14-15,17H2,1-8H3,(H,28,33)/t20-/m0/s1. The Hall–Kier alpha value is -3.28. The number of hydrogen-bond acceptors (Lipinski definition) is 8. The van der Waals surface area contributed by atoms with Crippen LogP contribution in [0.5, 0.6) is 0 Å². The molecule has 38 heavy (non-hydrogen) atoms. The van der Waals surface area contributed by atoms with Crippen LogP contribution in [-0.2, 0) is 29.8 Å². The van der Waals surface area contributed by atoms with Crippen molar-refractivity contribution in [3.8, 4) is 11.3 Å². The van der Waals surface area contributed by atoms with Crippen LogP contribution in [0.4, 0.5) is 4.79 Å². The van der Waals surface area contributed by atoms with Gasteiger partial charge in [0.05, 0.1) is 17.5 Å². The molecule has 1 aromatic heterocycles. The van der Waals surface area contributed by atoms with Crippen molar-refractivity contribution in [2.24, 2.45) is 4.40 Å². The molecular formula is C26H39N5O6S. The van der Waals surface area contributed by atoms with Crippen LogP contribution in [0.25, 0.3) is 11.3 Å². The van der Waals surface area contributed by atoms with E-state index in [9.17, 15) is 18.0 Å². The largest absolute Gasteiger partial charge is 0.458 e. The summed E-state index contributed by atoms with van der Waals surface area (Å²) in [5.74, 6) is -0.984. The predicted octanol–water partition coefficient (Wildman–Crippen LogP) is 4.10. The third kappa shape index (κ3) is 10.6. The van der Waals surface area contributed by atoms with Gasteiger partial charge in [0, 0.05) is 18.2 Å². The van der Waals surface area contributed by atoms with E-state index in [0.29, 0.717) is 5.69 Å². The number of benzene rings is 1. The summed E-state index contributed by atoms with van der Waals surface area (Å²) in [6, 6.07) is 8.38. The molecule has 0 aliphatic carbocycles. The summed E-state index contributed by atoms with van der Waals surface area (Å²) in [5, 5.41) is 10.8. The van der Waals surface area contributed by atoms with Crippen molar-refractivity contribution in [2.75, 3.05) is 5.75 Å². The first-order valence-corrected chi connectivity index (χ1v) is 13.9. The van der Waals surface area contributed by atoms with Gasteiger partial charge >= 0.3 is 12.1 Å². The van der Waals surface area contributed by atoms with Crippen LogP contribution in [0.2, 0.25) is 0 Å². The number of ether oxygens (including phenoxy) is 2. The maximum absolute atomic E-state index is 12.7. The minimum absolute atomic E-state index is 0.194. The van der Waals surface area contributed by atoms with Gasteiger partial charge in [-0.1, -0.05) is 35.5 Å². The molecule has 1 aromatic carbocycles. The monoisotopic (exact) mass is 549 g/mol. The van der Waals surface area contributed by atoms with E-state index in [1.807, 2.05) is 44.2 Å². The first kappa shape index (κ1) is 30.9. The van der Waals surface area contributed by atoms with Crippen LogP contribution in [-0.4, -0.2) is 64.7 Å². The summed E-state index contributed by atoms with van der Waals surface area (Å²) in [5.41, 5.74) is -0.642. The molecule has 0 fully saturated rings. The Morgan fingerprint density at radius 1 is 1.03 bits per heavy atom. The van der Waals surface area contributed by atoms with Crippen LogP contribution in [0.3, 0.4) is 0 Å². The van der Waals surface area contributed by atoms with Crippen LogP contribution in [0.15, 0.2) is 40.9 Å². The normalized spacial score (nSPS) is 13.8. The Morgan fingerprint density at radius 2 is 1.63 bits per heavy atom. The summed E-state index contributed by atoms with van der Waals surface area (Å²) in [6.07, 6.45) is 2.07. The minimum atomic E-state index is -3.87. The highest BCUT2D eigenvalue weighted by Crippen LogP contribution is 2.23. The zero-order chi connectivity index (χ0) is 28.8. The molecule has 1 amide bonds. The highest BCUT2D eigenvalue weighted by atomic mass is 32.2. The number of rotatable bonds is 10. The van der Waals surface area contributed by atoms with E-state index >= 15 is 0 Å². The van der Waals surface area contributed by atoms with E-state index in [2.05, 4.69) is 20.0 Å². The number of nitrogens with one attached hydrogen (secondary N) is 1. The number of hydrogen-bond donors (Lipinski definition) is 1. The molecule has 2 rings (SSSR count). The number of sulfonamides is 1. The molecule has 210 valence electrons. The number of carbonyl (C=O) groups excluding carboxylic acids is 2. The summed E-state index contributed by atoms with van der Waals surface area (Å²) in [6.45, 7) is 13.8. The summed E-state index contributed by atoms with van der Waals surface area (Å²) in [4.78, 5) is 24.8. The quantitative estimate of drug-likeness (QED) is 0.345. The SMILES string of the molecule is CC(C)(C)OC(=O)N[C@@H](CC=NS(=O)(=O)CCC(C)(C)n1cc(-c2ccccc2)nn1)C(=O)OC(C)(C)C. The molecule has 0 unspecified atom stereocenters. The number of amides is 1. The fourth-order valence-electron chi connectivity index (χ4n) is 3.15. The first-order valence-electron chi connectivity index (χ1n) is 12.3. The second-order valence-electron chi connectivity index (χ2n) is 11.5. The first-order chi connectivity index (χ1) is 17.4. The van der Waals surface area contributed by atoms with Gasteiger partial charge in [-0.2, -0.15) is 4.40 Å². The average Bonchev–Trinajstić information content (AvgIpc) is 3.27. The van der Waals surface area contributed by atoms with E-state index in [1.54, 1.807) is 52.4 Å².